The van der Waals surface area contributed by atoms with Crippen LogP contribution in [0.25, 0.3) is 5.69 Å². The third-order valence-corrected chi connectivity index (χ3v) is 6.48. The van der Waals surface area contributed by atoms with Crippen molar-refractivity contribution in [3.8, 4) is 5.69 Å². The summed E-state index contributed by atoms with van der Waals surface area (Å²) in [5.74, 6) is -0.754. The summed E-state index contributed by atoms with van der Waals surface area (Å²) in [7, 11) is 0. The quantitative estimate of drug-likeness (QED) is 0.613. The molecule has 3 heterocycles. The zero-order chi connectivity index (χ0) is 23.3. The molecule has 1 aromatic heterocycles. The van der Waals surface area contributed by atoms with Gasteiger partial charge in [-0.2, -0.15) is 5.10 Å². The van der Waals surface area contributed by atoms with Gasteiger partial charge in [-0.1, -0.05) is 25.1 Å². The molecule has 3 aromatic rings. The molecular formula is C25H25N5O3. The van der Waals surface area contributed by atoms with Crippen LogP contribution in [-0.2, 0) is 17.6 Å². The monoisotopic (exact) mass is 443 g/mol. The van der Waals surface area contributed by atoms with E-state index in [4.69, 9.17) is 5.73 Å². The Balaban J connectivity index is 1.58. The number of amides is 3. The highest BCUT2D eigenvalue weighted by molar-refractivity contribution is 6.10. The highest BCUT2D eigenvalue weighted by atomic mass is 16.2. The predicted octanol–water partition coefficient (Wildman–Crippen LogP) is 2.78. The molecular weight excluding hydrogens is 418 g/mol. The number of aromatic nitrogens is 2. The largest absolute Gasteiger partial charge is 0.364 e. The van der Waals surface area contributed by atoms with Crippen molar-refractivity contribution in [2.75, 3.05) is 22.9 Å². The molecule has 0 bridgehead atoms. The first-order chi connectivity index (χ1) is 15.9. The lowest BCUT2D eigenvalue weighted by Gasteiger charge is -2.33. The molecule has 5 rings (SSSR count). The lowest BCUT2D eigenvalue weighted by molar-refractivity contribution is -0.122. The topological polar surface area (TPSA) is 102 Å². The molecule has 0 atom stereocenters. The third kappa shape index (κ3) is 3.29. The second kappa shape index (κ2) is 7.88. The van der Waals surface area contributed by atoms with E-state index in [0.29, 0.717) is 30.6 Å². The minimum atomic E-state index is -0.639. The van der Waals surface area contributed by atoms with Crippen molar-refractivity contribution in [3.05, 3.63) is 70.5 Å². The van der Waals surface area contributed by atoms with Crippen LogP contribution in [0.4, 0.5) is 11.4 Å². The predicted molar refractivity (Wildman–Crippen MR) is 125 cm³/mol. The standard InChI is InChI=1S/C25H25N5O3/c1-3-16-6-4-5-7-20(16)30-23-18(22(27-30)24(26)32)10-12-28(25(23)33)17-8-9-19(15(2)14-17)29-13-11-21(29)31/h4-9,14H,3,10-13H2,1-2H3,(H2,26,32). The van der Waals surface area contributed by atoms with Crippen LogP contribution < -0.4 is 15.5 Å². The van der Waals surface area contributed by atoms with E-state index in [9.17, 15) is 14.4 Å². The van der Waals surface area contributed by atoms with Gasteiger partial charge in [-0.15, -0.1) is 0 Å². The van der Waals surface area contributed by atoms with Crippen molar-refractivity contribution in [3.63, 3.8) is 0 Å². The molecule has 1 saturated heterocycles. The number of anilines is 2. The van der Waals surface area contributed by atoms with E-state index < -0.39 is 5.91 Å². The summed E-state index contributed by atoms with van der Waals surface area (Å²) >= 11 is 0. The molecule has 2 aliphatic rings. The Morgan fingerprint density at radius 1 is 1.03 bits per heavy atom. The van der Waals surface area contributed by atoms with E-state index in [1.807, 2.05) is 56.3 Å². The Kier molecular flexibility index (Phi) is 5.00. The fourth-order valence-corrected chi connectivity index (χ4v) is 4.67. The second-order valence-electron chi connectivity index (χ2n) is 8.41. The van der Waals surface area contributed by atoms with Crippen molar-refractivity contribution in [2.45, 2.75) is 33.1 Å². The van der Waals surface area contributed by atoms with Gasteiger partial charge in [-0.3, -0.25) is 14.4 Å². The smallest absolute Gasteiger partial charge is 0.277 e. The first-order valence-electron chi connectivity index (χ1n) is 11.1. The van der Waals surface area contributed by atoms with E-state index in [1.165, 1.54) is 0 Å². The molecule has 168 valence electrons. The molecule has 8 heteroatoms. The van der Waals surface area contributed by atoms with E-state index in [-0.39, 0.29) is 17.5 Å². The van der Waals surface area contributed by atoms with Gasteiger partial charge in [0.15, 0.2) is 5.69 Å². The average Bonchev–Trinajstić information content (AvgIpc) is 3.20. The van der Waals surface area contributed by atoms with Gasteiger partial charge in [-0.25, -0.2) is 4.68 Å². The van der Waals surface area contributed by atoms with Crippen molar-refractivity contribution >= 4 is 29.1 Å². The molecule has 0 aliphatic carbocycles. The molecule has 0 saturated carbocycles. The summed E-state index contributed by atoms with van der Waals surface area (Å²) in [4.78, 5) is 41.2. The van der Waals surface area contributed by atoms with Gasteiger partial charge < -0.3 is 15.5 Å². The lowest BCUT2D eigenvalue weighted by Crippen LogP contribution is -2.44. The normalized spacial score (nSPS) is 15.5. The Labute approximate surface area is 191 Å². The van der Waals surface area contributed by atoms with Gasteiger partial charge in [-0.05, 0) is 55.2 Å². The van der Waals surface area contributed by atoms with Gasteiger partial charge >= 0.3 is 0 Å². The number of fused-ring (bicyclic) bond motifs is 1. The molecule has 33 heavy (non-hydrogen) atoms. The van der Waals surface area contributed by atoms with Gasteiger partial charge in [0.1, 0.15) is 5.69 Å². The molecule has 1 fully saturated rings. The van der Waals surface area contributed by atoms with Crippen molar-refractivity contribution < 1.29 is 14.4 Å². The maximum Gasteiger partial charge on any atom is 0.277 e. The summed E-state index contributed by atoms with van der Waals surface area (Å²) in [6.07, 6.45) is 1.80. The number of primary amides is 1. The molecule has 2 N–H and O–H groups in total. The second-order valence-corrected chi connectivity index (χ2v) is 8.41. The fraction of sp³-hybridized carbons (Fsp3) is 0.280. The first-order valence-corrected chi connectivity index (χ1v) is 11.1. The zero-order valence-corrected chi connectivity index (χ0v) is 18.7. The molecule has 2 aliphatic heterocycles. The average molecular weight is 444 g/mol. The summed E-state index contributed by atoms with van der Waals surface area (Å²) in [5, 5.41) is 4.48. The number of para-hydroxylation sites is 1. The molecule has 3 amide bonds. The van der Waals surface area contributed by atoms with Crippen LogP contribution in [0.1, 0.15) is 51.0 Å². The summed E-state index contributed by atoms with van der Waals surface area (Å²) in [6, 6.07) is 13.4. The minimum Gasteiger partial charge on any atom is -0.364 e. The number of benzene rings is 2. The fourth-order valence-electron chi connectivity index (χ4n) is 4.67. The number of carbonyl (C=O) groups is 3. The van der Waals surface area contributed by atoms with E-state index >= 15 is 0 Å². The van der Waals surface area contributed by atoms with E-state index in [0.717, 1.165) is 41.2 Å². The van der Waals surface area contributed by atoms with Crippen LogP contribution in [0.2, 0.25) is 0 Å². The van der Waals surface area contributed by atoms with Crippen molar-refractivity contribution in [1.82, 2.24) is 9.78 Å². The molecule has 8 nitrogen and oxygen atoms in total. The number of aryl methyl sites for hydroxylation is 2. The van der Waals surface area contributed by atoms with Gasteiger partial charge in [0.05, 0.1) is 5.69 Å². The van der Waals surface area contributed by atoms with Gasteiger partial charge in [0, 0.05) is 36.4 Å². The maximum absolute atomic E-state index is 13.7. The molecule has 0 spiro atoms. The van der Waals surface area contributed by atoms with Crippen LogP contribution >= 0.6 is 0 Å². The van der Waals surface area contributed by atoms with Crippen LogP contribution in [0, 0.1) is 6.92 Å². The number of nitrogens with two attached hydrogens (primary N) is 1. The Hall–Kier alpha value is -3.94. The van der Waals surface area contributed by atoms with Gasteiger partial charge in [0.2, 0.25) is 5.91 Å². The molecule has 0 radical (unpaired) electrons. The van der Waals surface area contributed by atoms with Crippen molar-refractivity contribution in [2.24, 2.45) is 5.73 Å². The Morgan fingerprint density at radius 2 is 1.79 bits per heavy atom. The summed E-state index contributed by atoms with van der Waals surface area (Å²) < 4.78 is 1.57. The first kappa shape index (κ1) is 20.9. The van der Waals surface area contributed by atoms with Crippen LogP contribution in [0.15, 0.2) is 42.5 Å². The SMILES string of the molecule is CCc1ccccc1-n1nc(C(N)=O)c2c1C(=O)N(c1ccc(N3CCC3=O)c(C)c1)CC2. The zero-order valence-electron chi connectivity index (χ0n) is 18.7. The van der Waals surface area contributed by atoms with E-state index in [2.05, 4.69) is 5.10 Å². The maximum atomic E-state index is 13.7. The summed E-state index contributed by atoms with van der Waals surface area (Å²) in [6.45, 7) is 5.11. The number of nitrogens with zero attached hydrogens (tertiary/aromatic N) is 4. The summed E-state index contributed by atoms with van der Waals surface area (Å²) in [5.41, 5.74) is 11.1. The number of carbonyl (C=O) groups excluding carboxylic acids is 3. The highest BCUT2D eigenvalue weighted by Crippen LogP contribution is 2.33. The Morgan fingerprint density at radius 3 is 2.42 bits per heavy atom. The highest BCUT2D eigenvalue weighted by Gasteiger charge is 2.35. The molecule has 0 unspecified atom stereocenters. The number of hydrogen-bond acceptors (Lipinski definition) is 4. The minimum absolute atomic E-state index is 0.113. The third-order valence-electron chi connectivity index (χ3n) is 6.48. The van der Waals surface area contributed by atoms with E-state index in [1.54, 1.807) is 14.5 Å². The Bertz CT molecular complexity index is 1310. The number of hydrogen-bond donors (Lipinski definition) is 1. The van der Waals surface area contributed by atoms with Crippen molar-refractivity contribution in [1.29, 1.82) is 0 Å². The lowest BCUT2D eigenvalue weighted by atomic mass is 10.0. The number of β-lactam (4-membered cyclic amide) rings is 1. The van der Waals surface area contributed by atoms with Gasteiger partial charge in [0.25, 0.3) is 11.8 Å². The number of rotatable bonds is 5. The van der Waals surface area contributed by atoms with Crippen LogP contribution in [-0.4, -0.2) is 40.6 Å². The molecule has 2 aromatic carbocycles. The van der Waals surface area contributed by atoms with Crippen LogP contribution in [0.5, 0.6) is 0 Å². The van der Waals surface area contributed by atoms with Crippen LogP contribution in [0.3, 0.4) is 0 Å².